The molecule has 2 unspecified atom stereocenters. The van der Waals surface area contributed by atoms with Crippen molar-refractivity contribution in [1.82, 2.24) is 10.2 Å². The number of esters is 1. The molecule has 4 amide bonds. The molecule has 8 nitrogen and oxygen atoms in total. The SMILES string of the molecule is CC(OC(=O)C1CCCN(C(=O)c2ccc(F)cc2)C1)C(=O)NC(=O)Nc1ccccc1. The van der Waals surface area contributed by atoms with E-state index >= 15 is 0 Å². The highest BCUT2D eigenvalue weighted by Gasteiger charge is 2.32. The van der Waals surface area contributed by atoms with Crippen LogP contribution in [-0.2, 0) is 14.3 Å². The molecule has 2 atom stereocenters. The van der Waals surface area contributed by atoms with Gasteiger partial charge in [-0.05, 0) is 56.2 Å². The highest BCUT2D eigenvalue weighted by atomic mass is 19.1. The van der Waals surface area contributed by atoms with E-state index in [1.807, 2.05) is 0 Å². The number of ether oxygens (including phenoxy) is 1. The smallest absolute Gasteiger partial charge is 0.325 e. The molecule has 3 rings (SSSR count). The number of rotatable bonds is 5. The third kappa shape index (κ3) is 6.13. The molecule has 1 fully saturated rings. The van der Waals surface area contributed by atoms with E-state index < -0.39 is 35.7 Å². The van der Waals surface area contributed by atoms with Crippen LogP contribution in [-0.4, -0.2) is 47.9 Å². The molecule has 0 aliphatic carbocycles. The second kappa shape index (κ2) is 10.5. The standard InChI is InChI=1S/C23H24FN3O5/c1-15(20(28)26-23(31)25-19-7-3-2-4-8-19)32-22(30)17-6-5-13-27(14-17)21(29)16-9-11-18(24)12-10-16/h2-4,7-12,15,17H,5-6,13-14H2,1H3,(H2,25,26,28,31). The Balaban J connectivity index is 1.50. The largest absolute Gasteiger partial charge is 0.452 e. The first-order chi connectivity index (χ1) is 15.3. The van der Waals surface area contributed by atoms with Crippen LogP contribution in [0.5, 0.6) is 0 Å². The molecule has 0 radical (unpaired) electrons. The first-order valence-corrected chi connectivity index (χ1v) is 10.3. The van der Waals surface area contributed by atoms with Gasteiger partial charge in [-0.3, -0.25) is 19.7 Å². The maximum Gasteiger partial charge on any atom is 0.325 e. The maximum absolute atomic E-state index is 13.1. The van der Waals surface area contributed by atoms with Gasteiger partial charge in [0.05, 0.1) is 5.92 Å². The topological polar surface area (TPSA) is 105 Å². The van der Waals surface area contributed by atoms with Crippen molar-refractivity contribution in [1.29, 1.82) is 0 Å². The number of hydrogen-bond acceptors (Lipinski definition) is 5. The number of imide groups is 1. The molecule has 2 N–H and O–H groups in total. The molecule has 0 bridgehead atoms. The number of carbonyl (C=O) groups excluding carboxylic acids is 4. The fraction of sp³-hybridized carbons (Fsp3) is 0.304. The van der Waals surface area contributed by atoms with E-state index in [-0.39, 0.29) is 12.5 Å². The summed E-state index contributed by atoms with van der Waals surface area (Å²) in [6.07, 6.45) is -0.0889. The van der Waals surface area contributed by atoms with Crippen LogP contribution in [0.4, 0.5) is 14.9 Å². The van der Waals surface area contributed by atoms with Crippen molar-refractivity contribution in [3.05, 3.63) is 66.0 Å². The van der Waals surface area contributed by atoms with Crippen molar-refractivity contribution < 1.29 is 28.3 Å². The van der Waals surface area contributed by atoms with Crippen molar-refractivity contribution in [2.75, 3.05) is 18.4 Å². The average Bonchev–Trinajstić information content (AvgIpc) is 2.79. The molecule has 32 heavy (non-hydrogen) atoms. The summed E-state index contributed by atoms with van der Waals surface area (Å²) in [5.41, 5.74) is 0.841. The number of nitrogens with zero attached hydrogens (tertiary/aromatic N) is 1. The first-order valence-electron chi connectivity index (χ1n) is 10.3. The van der Waals surface area contributed by atoms with Crippen LogP contribution in [0.25, 0.3) is 0 Å². The fourth-order valence-corrected chi connectivity index (χ4v) is 3.35. The van der Waals surface area contributed by atoms with Crippen LogP contribution < -0.4 is 10.6 Å². The zero-order valence-electron chi connectivity index (χ0n) is 17.5. The molecule has 2 aromatic rings. The molecule has 0 saturated carbocycles. The van der Waals surface area contributed by atoms with Crippen LogP contribution in [0, 0.1) is 11.7 Å². The van der Waals surface area contributed by atoms with Gasteiger partial charge in [0, 0.05) is 24.3 Å². The number of halogens is 1. The predicted molar refractivity (Wildman–Crippen MR) is 114 cm³/mol. The number of para-hydroxylation sites is 1. The van der Waals surface area contributed by atoms with Gasteiger partial charge < -0.3 is 15.0 Å². The van der Waals surface area contributed by atoms with Crippen LogP contribution >= 0.6 is 0 Å². The molecule has 1 heterocycles. The van der Waals surface area contributed by atoms with Gasteiger partial charge in [0.2, 0.25) is 0 Å². The number of carbonyl (C=O) groups is 4. The number of urea groups is 1. The van der Waals surface area contributed by atoms with E-state index in [2.05, 4.69) is 10.6 Å². The van der Waals surface area contributed by atoms with Gasteiger partial charge >= 0.3 is 12.0 Å². The number of likely N-dealkylation sites (tertiary alicyclic amines) is 1. The minimum absolute atomic E-state index is 0.137. The Labute approximate surface area is 184 Å². The average molecular weight is 441 g/mol. The fourth-order valence-electron chi connectivity index (χ4n) is 3.35. The summed E-state index contributed by atoms with van der Waals surface area (Å²) in [7, 11) is 0. The lowest BCUT2D eigenvalue weighted by molar-refractivity contribution is -0.159. The summed E-state index contributed by atoms with van der Waals surface area (Å²) >= 11 is 0. The van der Waals surface area contributed by atoms with E-state index in [9.17, 15) is 23.6 Å². The van der Waals surface area contributed by atoms with Crippen molar-refractivity contribution in [3.63, 3.8) is 0 Å². The molecule has 0 spiro atoms. The number of amides is 4. The van der Waals surface area contributed by atoms with Gasteiger partial charge in [-0.2, -0.15) is 0 Å². The Hall–Kier alpha value is -3.75. The monoisotopic (exact) mass is 441 g/mol. The molecule has 0 aromatic heterocycles. The molecule has 1 saturated heterocycles. The number of nitrogens with one attached hydrogen (secondary N) is 2. The zero-order valence-corrected chi connectivity index (χ0v) is 17.5. The van der Waals surface area contributed by atoms with Crippen LogP contribution in [0.1, 0.15) is 30.1 Å². The number of anilines is 1. The van der Waals surface area contributed by atoms with E-state index in [0.717, 1.165) is 0 Å². The molecular weight excluding hydrogens is 417 g/mol. The molecule has 9 heteroatoms. The molecule has 1 aliphatic rings. The van der Waals surface area contributed by atoms with E-state index in [1.165, 1.54) is 36.1 Å². The van der Waals surface area contributed by atoms with E-state index in [4.69, 9.17) is 4.74 Å². The molecule has 1 aliphatic heterocycles. The van der Waals surface area contributed by atoms with E-state index in [1.54, 1.807) is 30.3 Å². The quantitative estimate of drug-likeness (QED) is 0.694. The Morgan fingerprint density at radius 1 is 1.06 bits per heavy atom. The van der Waals surface area contributed by atoms with Gasteiger partial charge in [-0.15, -0.1) is 0 Å². The zero-order chi connectivity index (χ0) is 23.1. The van der Waals surface area contributed by atoms with Crippen molar-refractivity contribution in [3.8, 4) is 0 Å². The summed E-state index contributed by atoms with van der Waals surface area (Å²) in [6, 6.07) is 13.0. The highest BCUT2D eigenvalue weighted by Crippen LogP contribution is 2.21. The number of benzene rings is 2. The lowest BCUT2D eigenvalue weighted by Crippen LogP contribution is -2.45. The Morgan fingerprint density at radius 2 is 1.75 bits per heavy atom. The summed E-state index contributed by atoms with van der Waals surface area (Å²) in [5.74, 6) is -2.71. The number of piperidine rings is 1. The predicted octanol–water partition coefficient (Wildman–Crippen LogP) is 2.96. The molecular formula is C23H24FN3O5. The summed E-state index contributed by atoms with van der Waals surface area (Å²) in [6.45, 7) is 1.97. The molecule has 2 aromatic carbocycles. The third-order valence-corrected chi connectivity index (χ3v) is 5.06. The maximum atomic E-state index is 13.1. The second-order valence-electron chi connectivity index (χ2n) is 7.49. The van der Waals surface area contributed by atoms with Gasteiger partial charge in [0.25, 0.3) is 11.8 Å². The Bertz CT molecular complexity index is 981. The summed E-state index contributed by atoms with van der Waals surface area (Å²) < 4.78 is 18.3. The van der Waals surface area contributed by atoms with Crippen LogP contribution in [0.2, 0.25) is 0 Å². The van der Waals surface area contributed by atoms with E-state index in [0.29, 0.717) is 30.6 Å². The lowest BCUT2D eigenvalue weighted by Gasteiger charge is -2.32. The van der Waals surface area contributed by atoms with Gasteiger partial charge in [0.15, 0.2) is 6.10 Å². The van der Waals surface area contributed by atoms with Crippen LogP contribution in [0.15, 0.2) is 54.6 Å². The first kappa shape index (κ1) is 22.9. The summed E-state index contributed by atoms with van der Waals surface area (Å²) in [5, 5.41) is 4.63. The van der Waals surface area contributed by atoms with Gasteiger partial charge in [-0.25, -0.2) is 9.18 Å². The number of hydrogen-bond donors (Lipinski definition) is 2. The molecule has 168 valence electrons. The summed E-state index contributed by atoms with van der Waals surface area (Å²) in [4.78, 5) is 50.8. The second-order valence-corrected chi connectivity index (χ2v) is 7.49. The Morgan fingerprint density at radius 3 is 2.44 bits per heavy atom. The normalized spacial score (nSPS) is 16.6. The lowest BCUT2D eigenvalue weighted by atomic mass is 9.97. The van der Waals surface area contributed by atoms with Gasteiger partial charge in [0.1, 0.15) is 5.82 Å². The van der Waals surface area contributed by atoms with Crippen molar-refractivity contribution >= 4 is 29.5 Å². The Kier molecular flexibility index (Phi) is 7.54. The van der Waals surface area contributed by atoms with Gasteiger partial charge in [-0.1, -0.05) is 18.2 Å². The van der Waals surface area contributed by atoms with Crippen molar-refractivity contribution in [2.24, 2.45) is 5.92 Å². The highest BCUT2D eigenvalue weighted by molar-refractivity contribution is 6.03. The third-order valence-electron chi connectivity index (χ3n) is 5.06. The van der Waals surface area contributed by atoms with Crippen LogP contribution in [0.3, 0.4) is 0 Å². The minimum Gasteiger partial charge on any atom is -0.452 e. The minimum atomic E-state index is -1.19. The van der Waals surface area contributed by atoms with Crippen molar-refractivity contribution in [2.45, 2.75) is 25.9 Å².